The highest BCUT2D eigenvalue weighted by molar-refractivity contribution is 5.94. The number of carbonyl (C=O) groups is 1. The van der Waals surface area contributed by atoms with Crippen molar-refractivity contribution in [1.29, 1.82) is 0 Å². The number of nitrogens with zero attached hydrogens (tertiary/aromatic N) is 5. The predicted molar refractivity (Wildman–Crippen MR) is 92.6 cm³/mol. The van der Waals surface area contributed by atoms with Gasteiger partial charge in [-0.3, -0.25) is 14.5 Å². The summed E-state index contributed by atoms with van der Waals surface area (Å²) in [6.45, 7) is 4.70. The molecule has 2 aliphatic rings. The van der Waals surface area contributed by atoms with Crippen molar-refractivity contribution in [3.8, 4) is 0 Å². The Balaban J connectivity index is 1.45. The van der Waals surface area contributed by atoms with Gasteiger partial charge in [0.05, 0.1) is 38.0 Å². The van der Waals surface area contributed by atoms with Crippen molar-refractivity contribution in [3.05, 3.63) is 42.2 Å². The number of amides is 1. The fraction of sp³-hybridized carbons (Fsp3) is 0.556. The maximum Gasteiger partial charge on any atom is 0.255 e. The van der Waals surface area contributed by atoms with E-state index in [-0.39, 0.29) is 12.0 Å². The van der Waals surface area contributed by atoms with Crippen LogP contribution in [0.2, 0.25) is 0 Å². The van der Waals surface area contributed by atoms with Gasteiger partial charge in [-0.05, 0) is 31.9 Å². The molecule has 2 aromatic rings. The van der Waals surface area contributed by atoms with E-state index in [0.717, 1.165) is 18.5 Å². The van der Waals surface area contributed by atoms with Gasteiger partial charge in [0.1, 0.15) is 18.3 Å². The van der Waals surface area contributed by atoms with Gasteiger partial charge in [0.2, 0.25) is 0 Å². The molecule has 138 valence electrons. The molecule has 2 fully saturated rings. The summed E-state index contributed by atoms with van der Waals surface area (Å²) in [5.74, 6) is -0.0225. The third-order valence-electron chi connectivity index (χ3n) is 4.99. The Morgan fingerprint density at radius 1 is 1.42 bits per heavy atom. The number of hydrogen-bond donors (Lipinski definition) is 0. The molecule has 1 spiro atoms. The third-order valence-corrected chi connectivity index (χ3v) is 4.99. The van der Waals surface area contributed by atoms with Gasteiger partial charge < -0.3 is 14.4 Å². The van der Waals surface area contributed by atoms with Gasteiger partial charge in [0.15, 0.2) is 0 Å². The molecule has 0 radical (unpaired) electrons. The van der Waals surface area contributed by atoms with E-state index >= 15 is 0 Å². The normalized spacial score (nSPS) is 26.2. The topological polar surface area (TPSA) is 82.4 Å². The van der Waals surface area contributed by atoms with E-state index in [2.05, 4.69) is 15.1 Å². The second kappa shape index (κ2) is 7.13. The van der Waals surface area contributed by atoms with Gasteiger partial charge in [-0.1, -0.05) is 0 Å². The summed E-state index contributed by atoms with van der Waals surface area (Å²) < 4.78 is 13.9. The molecule has 0 aromatic carbocycles. The number of carbonyl (C=O) groups excluding carboxylic acids is 1. The standard InChI is InChI=1S/C18H23N5O3/c1-14-2-3-15(8-20-14)17(24)22-6-7-25-11-18(10-22)5-4-16(26-18)9-23-13-19-12-21-23/h2-3,8,12-13,16H,4-7,9-11H2,1H3/t16-,18-/m1/s1. The first-order valence-electron chi connectivity index (χ1n) is 8.93. The SMILES string of the molecule is Cc1ccc(C(=O)N2CCOC[C@@]3(CC[C@H](Cn4cncn4)O3)C2)cn1. The fourth-order valence-electron chi connectivity index (χ4n) is 3.64. The van der Waals surface area contributed by atoms with Crippen LogP contribution < -0.4 is 0 Å². The first kappa shape index (κ1) is 17.1. The summed E-state index contributed by atoms with van der Waals surface area (Å²) in [6, 6.07) is 3.68. The number of hydrogen-bond acceptors (Lipinski definition) is 6. The smallest absolute Gasteiger partial charge is 0.255 e. The lowest BCUT2D eigenvalue weighted by Crippen LogP contribution is -2.46. The first-order chi connectivity index (χ1) is 12.6. The summed E-state index contributed by atoms with van der Waals surface area (Å²) in [5.41, 5.74) is 1.05. The van der Waals surface area contributed by atoms with E-state index in [4.69, 9.17) is 9.47 Å². The Hall–Kier alpha value is -2.32. The molecule has 2 aliphatic heterocycles. The molecule has 0 N–H and O–H groups in total. The Morgan fingerprint density at radius 3 is 3.12 bits per heavy atom. The van der Waals surface area contributed by atoms with Crippen LogP contribution in [0, 0.1) is 6.92 Å². The van der Waals surface area contributed by atoms with Crippen molar-refractivity contribution >= 4 is 5.91 Å². The summed E-state index contributed by atoms with van der Waals surface area (Å²) in [6.07, 6.45) is 6.68. The predicted octanol–water partition coefficient (Wildman–Crippen LogP) is 1.07. The molecule has 8 heteroatoms. The average molecular weight is 357 g/mol. The Bertz CT molecular complexity index is 749. The fourth-order valence-corrected chi connectivity index (χ4v) is 3.64. The van der Waals surface area contributed by atoms with Crippen LogP contribution in [0.25, 0.3) is 0 Å². The lowest BCUT2D eigenvalue weighted by Gasteiger charge is -2.32. The molecule has 4 heterocycles. The third kappa shape index (κ3) is 3.61. The molecular weight excluding hydrogens is 334 g/mol. The van der Waals surface area contributed by atoms with Crippen LogP contribution in [-0.2, 0) is 16.0 Å². The average Bonchev–Trinajstić information content (AvgIpc) is 3.23. The Labute approximate surface area is 152 Å². The molecule has 2 saturated heterocycles. The zero-order valence-electron chi connectivity index (χ0n) is 14.9. The van der Waals surface area contributed by atoms with Gasteiger partial charge in [-0.15, -0.1) is 0 Å². The highest BCUT2D eigenvalue weighted by Gasteiger charge is 2.44. The number of ether oxygens (including phenoxy) is 2. The van der Waals surface area contributed by atoms with Gasteiger partial charge in [-0.25, -0.2) is 4.98 Å². The van der Waals surface area contributed by atoms with Crippen LogP contribution in [0.15, 0.2) is 31.0 Å². The van der Waals surface area contributed by atoms with E-state index < -0.39 is 5.60 Å². The van der Waals surface area contributed by atoms with Crippen LogP contribution in [0.3, 0.4) is 0 Å². The minimum Gasteiger partial charge on any atom is -0.377 e. The van der Waals surface area contributed by atoms with Crippen molar-refractivity contribution in [2.45, 2.75) is 38.0 Å². The maximum absolute atomic E-state index is 12.9. The molecule has 0 unspecified atom stereocenters. The van der Waals surface area contributed by atoms with Crippen LogP contribution >= 0.6 is 0 Å². The van der Waals surface area contributed by atoms with E-state index in [0.29, 0.717) is 38.4 Å². The summed E-state index contributed by atoms with van der Waals surface area (Å²) >= 11 is 0. The van der Waals surface area contributed by atoms with E-state index in [1.54, 1.807) is 17.2 Å². The second-order valence-corrected chi connectivity index (χ2v) is 7.05. The summed E-state index contributed by atoms with van der Waals surface area (Å²) in [7, 11) is 0. The molecule has 2 aromatic heterocycles. The number of aromatic nitrogens is 4. The van der Waals surface area contributed by atoms with E-state index in [9.17, 15) is 4.79 Å². The van der Waals surface area contributed by atoms with Gasteiger partial charge in [0.25, 0.3) is 5.91 Å². The number of aryl methyl sites for hydroxylation is 1. The summed E-state index contributed by atoms with van der Waals surface area (Å²) in [4.78, 5) is 22.9. The maximum atomic E-state index is 12.9. The van der Waals surface area contributed by atoms with Gasteiger partial charge >= 0.3 is 0 Å². The second-order valence-electron chi connectivity index (χ2n) is 7.05. The molecule has 4 rings (SSSR count). The van der Waals surface area contributed by atoms with Crippen LogP contribution in [0.5, 0.6) is 0 Å². The number of pyridine rings is 1. The lowest BCUT2D eigenvalue weighted by molar-refractivity contribution is -0.0881. The van der Waals surface area contributed by atoms with Crippen molar-refractivity contribution < 1.29 is 14.3 Å². The van der Waals surface area contributed by atoms with Crippen molar-refractivity contribution in [2.24, 2.45) is 0 Å². The largest absolute Gasteiger partial charge is 0.377 e. The molecule has 1 amide bonds. The van der Waals surface area contributed by atoms with Crippen LogP contribution in [0.4, 0.5) is 0 Å². The van der Waals surface area contributed by atoms with Gasteiger partial charge in [-0.2, -0.15) is 5.10 Å². The zero-order chi connectivity index (χ0) is 18.0. The molecule has 0 aliphatic carbocycles. The lowest BCUT2D eigenvalue weighted by atomic mass is 9.99. The van der Waals surface area contributed by atoms with Crippen molar-refractivity contribution in [3.63, 3.8) is 0 Å². The van der Waals surface area contributed by atoms with Crippen molar-refractivity contribution in [2.75, 3.05) is 26.3 Å². The Morgan fingerprint density at radius 2 is 2.35 bits per heavy atom. The minimum absolute atomic E-state index is 0.0225. The Kier molecular flexibility index (Phi) is 4.69. The first-order valence-corrected chi connectivity index (χ1v) is 8.93. The quantitative estimate of drug-likeness (QED) is 0.817. The minimum atomic E-state index is -0.449. The molecule has 0 saturated carbocycles. The van der Waals surface area contributed by atoms with Crippen molar-refractivity contribution in [1.82, 2.24) is 24.6 Å². The zero-order valence-corrected chi connectivity index (χ0v) is 14.9. The highest BCUT2D eigenvalue weighted by atomic mass is 16.6. The highest BCUT2D eigenvalue weighted by Crippen LogP contribution is 2.34. The van der Waals surface area contributed by atoms with Crippen LogP contribution in [-0.4, -0.2) is 68.6 Å². The summed E-state index contributed by atoms with van der Waals surface area (Å²) in [5, 5.41) is 4.14. The molecular formula is C18H23N5O3. The monoisotopic (exact) mass is 357 g/mol. The van der Waals surface area contributed by atoms with Gasteiger partial charge in [0, 0.05) is 18.4 Å². The number of rotatable bonds is 3. The molecule has 0 bridgehead atoms. The molecule has 8 nitrogen and oxygen atoms in total. The molecule has 2 atom stereocenters. The van der Waals surface area contributed by atoms with E-state index in [1.807, 2.05) is 24.0 Å². The van der Waals surface area contributed by atoms with Crippen LogP contribution in [0.1, 0.15) is 28.9 Å². The molecule has 26 heavy (non-hydrogen) atoms. The van der Waals surface area contributed by atoms with E-state index in [1.165, 1.54) is 6.33 Å².